The lowest BCUT2D eigenvalue weighted by Gasteiger charge is -2.04. The lowest BCUT2D eigenvalue weighted by atomic mass is 10.0. The van der Waals surface area contributed by atoms with Gasteiger partial charge in [0.25, 0.3) is 0 Å². The number of hydrogen-bond donors (Lipinski definition) is 1. The maximum Gasteiger partial charge on any atom is 0.174 e. The molecule has 3 rings (SSSR count). The van der Waals surface area contributed by atoms with E-state index in [0.29, 0.717) is 38.2 Å². The van der Waals surface area contributed by atoms with Crippen molar-refractivity contribution < 1.29 is 9.63 Å². The first-order chi connectivity index (χ1) is 10.2. The average Bonchev–Trinajstić information content (AvgIpc) is 2.91. The summed E-state index contributed by atoms with van der Waals surface area (Å²) in [6, 6.07) is 14.5. The fourth-order valence-corrected chi connectivity index (χ4v) is 2.62. The molecule has 0 saturated heterocycles. The Balaban J connectivity index is 2.19. The molecule has 106 valence electrons. The smallest absolute Gasteiger partial charge is 0.174 e. The molecule has 0 fully saturated rings. The third-order valence-electron chi connectivity index (χ3n) is 3.19. The van der Waals surface area contributed by atoms with Crippen LogP contribution in [0.1, 0.15) is 5.56 Å². The quantitative estimate of drug-likeness (QED) is 0.753. The monoisotopic (exact) mass is 319 g/mol. The van der Waals surface area contributed by atoms with Crippen LogP contribution in [0.4, 0.5) is 0 Å². The van der Waals surface area contributed by atoms with Crippen LogP contribution in [0.15, 0.2) is 53.1 Å². The maximum atomic E-state index is 9.71. The normalized spacial score (nSPS) is 10.8. The number of aliphatic hydroxyl groups excluding tert-OH is 1. The Morgan fingerprint density at radius 3 is 2.05 bits per heavy atom. The van der Waals surface area contributed by atoms with E-state index in [4.69, 9.17) is 27.7 Å². The van der Waals surface area contributed by atoms with Crippen LogP contribution in [0.3, 0.4) is 0 Å². The molecule has 1 N–H and O–H groups in total. The van der Waals surface area contributed by atoms with Gasteiger partial charge in [0, 0.05) is 11.1 Å². The third kappa shape index (κ3) is 2.56. The molecule has 0 spiro atoms. The molecular formula is C16H11Cl2NO2. The predicted molar refractivity (Wildman–Crippen MR) is 83.3 cm³/mol. The van der Waals surface area contributed by atoms with Gasteiger partial charge in [-0.25, -0.2) is 0 Å². The lowest BCUT2D eigenvalue weighted by molar-refractivity contribution is 0.281. The van der Waals surface area contributed by atoms with E-state index in [-0.39, 0.29) is 6.61 Å². The van der Waals surface area contributed by atoms with Gasteiger partial charge in [-0.1, -0.05) is 58.7 Å². The van der Waals surface area contributed by atoms with Crippen LogP contribution in [-0.4, -0.2) is 10.3 Å². The van der Waals surface area contributed by atoms with E-state index in [0.717, 1.165) is 0 Å². The van der Waals surface area contributed by atoms with Crippen molar-refractivity contribution in [3.05, 3.63) is 64.1 Å². The van der Waals surface area contributed by atoms with Gasteiger partial charge < -0.3 is 9.63 Å². The van der Waals surface area contributed by atoms with E-state index >= 15 is 0 Å². The summed E-state index contributed by atoms with van der Waals surface area (Å²) in [6.45, 7) is -0.218. The number of aliphatic hydroxyl groups is 1. The number of rotatable bonds is 3. The fourth-order valence-electron chi connectivity index (χ4n) is 2.18. The van der Waals surface area contributed by atoms with Gasteiger partial charge in [0.15, 0.2) is 5.76 Å². The van der Waals surface area contributed by atoms with Crippen LogP contribution in [0.25, 0.3) is 22.6 Å². The molecule has 2 aromatic carbocycles. The van der Waals surface area contributed by atoms with Gasteiger partial charge in [-0.15, -0.1) is 0 Å². The SMILES string of the molecule is OCc1c(-c2ccccc2Cl)noc1-c1ccccc1Cl. The molecule has 1 aromatic heterocycles. The summed E-state index contributed by atoms with van der Waals surface area (Å²) in [6.07, 6.45) is 0. The van der Waals surface area contributed by atoms with Gasteiger partial charge in [-0.3, -0.25) is 0 Å². The second-order valence-corrected chi connectivity index (χ2v) is 5.27. The van der Waals surface area contributed by atoms with Crippen LogP contribution in [0, 0.1) is 0 Å². The molecule has 0 aliphatic rings. The highest BCUT2D eigenvalue weighted by molar-refractivity contribution is 6.33. The Hall–Kier alpha value is -1.81. The molecule has 1 heterocycles. The summed E-state index contributed by atoms with van der Waals surface area (Å²) >= 11 is 12.4. The Morgan fingerprint density at radius 1 is 0.905 bits per heavy atom. The summed E-state index contributed by atoms with van der Waals surface area (Å²) < 4.78 is 5.41. The van der Waals surface area contributed by atoms with Gasteiger partial charge in [0.2, 0.25) is 0 Å². The second kappa shape index (κ2) is 5.90. The molecule has 5 heteroatoms. The first-order valence-electron chi connectivity index (χ1n) is 6.31. The molecule has 0 aliphatic heterocycles. The molecule has 0 saturated carbocycles. The molecule has 0 amide bonds. The number of aromatic nitrogens is 1. The van der Waals surface area contributed by atoms with Crippen molar-refractivity contribution in [1.29, 1.82) is 0 Å². The van der Waals surface area contributed by atoms with Crippen molar-refractivity contribution in [3.8, 4) is 22.6 Å². The minimum atomic E-state index is -0.218. The fraction of sp³-hybridized carbons (Fsp3) is 0.0625. The molecule has 0 atom stereocenters. The van der Waals surface area contributed by atoms with Gasteiger partial charge in [0.1, 0.15) is 5.69 Å². The zero-order chi connectivity index (χ0) is 14.8. The standard InChI is InChI=1S/C16H11Cl2NO2/c17-13-7-3-1-5-10(13)15-12(9-20)16(21-19-15)11-6-2-4-8-14(11)18/h1-8,20H,9H2. The minimum absolute atomic E-state index is 0.218. The average molecular weight is 320 g/mol. The highest BCUT2D eigenvalue weighted by Crippen LogP contribution is 2.37. The molecular weight excluding hydrogens is 309 g/mol. The van der Waals surface area contributed by atoms with Crippen molar-refractivity contribution in [2.24, 2.45) is 0 Å². The summed E-state index contributed by atoms with van der Waals surface area (Å²) in [5.74, 6) is 0.456. The summed E-state index contributed by atoms with van der Waals surface area (Å²) in [5.41, 5.74) is 2.49. The van der Waals surface area contributed by atoms with E-state index < -0.39 is 0 Å². The molecule has 0 radical (unpaired) electrons. The lowest BCUT2D eigenvalue weighted by Crippen LogP contribution is -1.90. The topological polar surface area (TPSA) is 46.3 Å². The van der Waals surface area contributed by atoms with Crippen LogP contribution in [0.5, 0.6) is 0 Å². The van der Waals surface area contributed by atoms with Crippen molar-refractivity contribution in [2.45, 2.75) is 6.61 Å². The predicted octanol–water partition coefficient (Wildman–Crippen LogP) is 4.81. The zero-order valence-corrected chi connectivity index (χ0v) is 12.4. The number of nitrogens with zero attached hydrogens (tertiary/aromatic N) is 1. The Kier molecular flexibility index (Phi) is 3.97. The van der Waals surface area contributed by atoms with E-state index in [1.54, 1.807) is 12.1 Å². The van der Waals surface area contributed by atoms with Gasteiger partial charge in [0.05, 0.1) is 22.2 Å². The Labute approximate surface area is 131 Å². The maximum absolute atomic E-state index is 9.71. The van der Waals surface area contributed by atoms with E-state index in [1.807, 2.05) is 36.4 Å². The number of benzene rings is 2. The largest absolute Gasteiger partial charge is 0.391 e. The first-order valence-corrected chi connectivity index (χ1v) is 7.07. The van der Waals surface area contributed by atoms with Crippen LogP contribution >= 0.6 is 23.2 Å². The summed E-state index contributed by atoms with van der Waals surface area (Å²) in [4.78, 5) is 0. The van der Waals surface area contributed by atoms with Gasteiger partial charge in [-0.05, 0) is 18.2 Å². The molecule has 21 heavy (non-hydrogen) atoms. The van der Waals surface area contributed by atoms with E-state index in [9.17, 15) is 5.11 Å². The van der Waals surface area contributed by atoms with E-state index in [1.165, 1.54) is 0 Å². The second-order valence-electron chi connectivity index (χ2n) is 4.46. The van der Waals surface area contributed by atoms with Crippen molar-refractivity contribution in [2.75, 3.05) is 0 Å². The Morgan fingerprint density at radius 2 is 1.48 bits per heavy atom. The number of hydrogen-bond acceptors (Lipinski definition) is 3. The van der Waals surface area contributed by atoms with Crippen LogP contribution in [0.2, 0.25) is 10.0 Å². The van der Waals surface area contributed by atoms with Crippen molar-refractivity contribution >= 4 is 23.2 Å². The van der Waals surface area contributed by atoms with Crippen molar-refractivity contribution in [1.82, 2.24) is 5.16 Å². The highest BCUT2D eigenvalue weighted by atomic mass is 35.5. The molecule has 3 aromatic rings. The minimum Gasteiger partial charge on any atom is -0.391 e. The Bertz CT molecular complexity index is 720. The molecule has 0 aliphatic carbocycles. The zero-order valence-electron chi connectivity index (χ0n) is 10.9. The molecule has 0 bridgehead atoms. The summed E-state index contributed by atoms with van der Waals surface area (Å²) in [7, 11) is 0. The highest BCUT2D eigenvalue weighted by Gasteiger charge is 2.21. The molecule has 3 nitrogen and oxygen atoms in total. The third-order valence-corrected chi connectivity index (χ3v) is 3.85. The first kappa shape index (κ1) is 14.1. The number of halogens is 2. The summed E-state index contributed by atoms with van der Waals surface area (Å²) in [5, 5.41) is 14.8. The van der Waals surface area contributed by atoms with Crippen LogP contribution < -0.4 is 0 Å². The van der Waals surface area contributed by atoms with Crippen molar-refractivity contribution in [3.63, 3.8) is 0 Å². The van der Waals surface area contributed by atoms with E-state index in [2.05, 4.69) is 5.16 Å². The molecule has 0 unspecified atom stereocenters. The van der Waals surface area contributed by atoms with Crippen LogP contribution in [-0.2, 0) is 6.61 Å². The van der Waals surface area contributed by atoms with Gasteiger partial charge in [-0.2, -0.15) is 0 Å². The van der Waals surface area contributed by atoms with Gasteiger partial charge >= 0.3 is 0 Å².